The lowest BCUT2D eigenvalue weighted by atomic mass is 9.86. The molecule has 0 aromatic rings. The smallest absolute Gasteiger partial charge is 0.227 e. The second-order valence-electron chi connectivity index (χ2n) is 3.80. The maximum Gasteiger partial charge on any atom is 0.227 e. The number of amides is 1. The Morgan fingerprint density at radius 2 is 2.14 bits per heavy atom. The van der Waals surface area contributed by atoms with Gasteiger partial charge in [-0.1, -0.05) is 6.92 Å². The van der Waals surface area contributed by atoms with Crippen molar-refractivity contribution in [2.45, 2.75) is 33.1 Å². The van der Waals surface area contributed by atoms with Gasteiger partial charge in [0.05, 0.1) is 5.41 Å². The van der Waals surface area contributed by atoms with Crippen LogP contribution in [0.3, 0.4) is 0 Å². The molecule has 0 fully saturated rings. The lowest BCUT2D eigenvalue weighted by molar-refractivity contribution is -0.129. The Bertz CT molecular complexity index is 168. The summed E-state index contributed by atoms with van der Waals surface area (Å²) in [6.45, 7) is 5.00. The Hall–Kier alpha value is -0.610. The molecule has 0 aromatic carbocycles. The van der Waals surface area contributed by atoms with Crippen molar-refractivity contribution in [1.82, 2.24) is 5.32 Å². The summed E-state index contributed by atoms with van der Waals surface area (Å²) in [7, 11) is 0. The van der Waals surface area contributed by atoms with Gasteiger partial charge in [-0.05, 0) is 26.2 Å². The molecule has 0 spiro atoms. The van der Waals surface area contributed by atoms with E-state index in [1.54, 1.807) is 0 Å². The Morgan fingerprint density at radius 3 is 2.57 bits per heavy atom. The van der Waals surface area contributed by atoms with Crippen LogP contribution in [0.5, 0.6) is 0 Å². The normalized spacial score (nSPS) is 14.9. The van der Waals surface area contributed by atoms with Crippen LogP contribution in [0.4, 0.5) is 0 Å². The van der Waals surface area contributed by atoms with Crippen LogP contribution >= 0.6 is 0 Å². The first kappa shape index (κ1) is 13.4. The summed E-state index contributed by atoms with van der Waals surface area (Å²) >= 11 is 0. The monoisotopic (exact) mass is 202 g/mol. The maximum atomic E-state index is 11.6. The van der Waals surface area contributed by atoms with Gasteiger partial charge in [0.1, 0.15) is 0 Å². The molecule has 0 aromatic heterocycles. The van der Waals surface area contributed by atoms with Gasteiger partial charge in [-0.15, -0.1) is 0 Å². The molecule has 0 saturated carbocycles. The molecule has 4 heteroatoms. The van der Waals surface area contributed by atoms with Gasteiger partial charge < -0.3 is 16.2 Å². The quantitative estimate of drug-likeness (QED) is 0.518. The summed E-state index contributed by atoms with van der Waals surface area (Å²) in [5.74, 6) is 0.0143. The average molecular weight is 202 g/mol. The number of hydrogen-bond acceptors (Lipinski definition) is 3. The molecule has 14 heavy (non-hydrogen) atoms. The number of aliphatic hydroxyl groups excluding tert-OH is 1. The first-order chi connectivity index (χ1) is 6.60. The van der Waals surface area contributed by atoms with E-state index in [0.717, 1.165) is 19.3 Å². The summed E-state index contributed by atoms with van der Waals surface area (Å²) < 4.78 is 0. The molecular formula is C10H22N2O2. The van der Waals surface area contributed by atoms with E-state index < -0.39 is 5.41 Å². The molecule has 0 aliphatic heterocycles. The van der Waals surface area contributed by atoms with Crippen LogP contribution in [0.1, 0.15) is 33.1 Å². The van der Waals surface area contributed by atoms with Gasteiger partial charge in [0.15, 0.2) is 0 Å². The minimum absolute atomic E-state index is 0.0143. The van der Waals surface area contributed by atoms with Crippen molar-refractivity contribution >= 4 is 5.91 Å². The number of aliphatic hydroxyl groups is 1. The third-order valence-corrected chi connectivity index (χ3v) is 2.65. The number of unbranched alkanes of at least 4 members (excludes halogenated alkanes) is 1. The van der Waals surface area contributed by atoms with Crippen molar-refractivity contribution < 1.29 is 9.90 Å². The zero-order valence-electron chi connectivity index (χ0n) is 9.18. The van der Waals surface area contributed by atoms with Crippen molar-refractivity contribution in [2.75, 3.05) is 19.7 Å². The van der Waals surface area contributed by atoms with Gasteiger partial charge in [-0.25, -0.2) is 0 Å². The van der Waals surface area contributed by atoms with Crippen LogP contribution in [0, 0.1) is 5.41 Å². The second-order valence-corrected chi connectivity index (χ2v) is 3.80. The third-order valence-electron chi connectivity index (χ3n) is 2.65. The summed E-state index contributed by atoms with van der Waals surface area (Å²) in [4.78, 5) is 11.6. The summed E-state index contributed by atoms with van der Waals surface area (Å²) in [5, 5.41) is 11.4. The van der Waals surface area contributed by atoms with Crippen LogP contribution in [0.2, 0.25) is 0 Å². The largest absolute Gasteiger partial charge is 0.396 e. The number of nitrogens with one attached hydrogen (secondary N) is 1. The molecule has 4 nitrogen and oxygen atoms in total. The van der Waals surface area contributed by atoms with E-state index in [2.05, 4.69) is 5.32 Å². The number of rotatable bonds is 7. The van der Waals surface area contributed by atoms with Crippen LogP contribution in [-0.4, -0.2) is 30.7 Å². The van der Waals surface area contributed by atoms with Gasteiger partial charge in [-0.3, -0.25) is 4.79 Å². The minimum Gasteiger partial charge on any atom is -0.396 e. The predicted molar refractivity (Wildman–Crippen MR) is 56.8 cm³/mol. The van der Waals surface area contributed by atoms with E-state index in [9.17, 15) is 4.79 Å². The first-order valence-electron chi connectivity index (χ1n) is 5.20. The van der Waals surface area contributed by atoms with E-state index in [1.807, 2.05) is 13.8 Å². The Labute approximate surface area is 85.9 Å². The van der Waals surface area contributed by atoms with E-state index in [4.69, 9.17) is 10.8 Å². The molecule has 0 heterocycles. The average Bonchev–Trinajstić information content (AvgIpc) is 2.22. The molecule has 0 aliphatic rings. The van der Waals surface area contributed by atoms with Gasteiger partial charge in [0.2, 0.25) is 5.91 Å². The van der Waals surface area contributed by atoms with Gasteiger partial charge in [0, 0.05) is 19.7 Å². The molecular weight excluding hydrogens is 180 g/mol. The zero-order valence-corrected chi connectivity index (χ0v) is 9.18. The Kier molecular flexibility index (Phi) is 6.49. The standard InChI is InChI=1S/C10H22N2O2/c1-3-10(2,8-11)9(14)12-6-4-5-7-13/h13H,3-8,11H2,1-2H3,(H,12,14). The molecule has 0 radical (unpaired) electrons. The Morgan fingerprint density at radius 1 is 1.50 bits per heavy atom. The highest BCUT2D eigenvalue weighted by molar-refractivity contribution is 5.82. The number of hydrogen-bond donors (Lipinski definition) is 3. The number of carbonyl (C=O) groups excluding carboxylic acids is 1. The van der Waals surface area contributed by atoms with Crippen LogP contribution in [-0.2, 0) is 4.79 Å². The highest BCUT2D eigenvalue weighted by Crippen LogP contribution is 2.18. The van der Waals surface area contributed by atoms with E-state index in [0.29, 0.717) is 13.1 Å². The summed E-state index contributed by atoms with van der Waals surface area (Å²) in [6.07, 6.45) is 2.29. The molecule has 0 saturated heterocycles. The van der Waals surface area contributed by atoms with E-state index in [1.165, 1.54) is 0 Å². The van der Waals surface area contributed by atoms with Gasteiger partial charge in [-0.2, -0.15) is 0 Å². The number of carbonyl (C=O) groups is 1. The van der Waals surface area contributed by atoms with E-state index >= 15 is 0 Å². The zero-order chi connectivity index (χ0) is 11.0. The minimum atomic E-state index is -0.445. The first-order valence-corrected chi connectivity index (χ1v) is 5.20. The molecule has 4 N–H and O–H groups in total. The van der Waals surface area contributed by atoms with E-state index in [-0.39, 0.29) is 12.5 Å². The van der Waals surface area contributed by atoms with Crippen LogP contribution < -0.4 is 11.1 Å². The molecule has 0 bridgehead atoms. The molecule has 0 rings (SSSR count). The second kappa shape index (κ2) is 6.79. The molecule has 1 unspecified atom stereocenters. The number of nitrogens with two attached hydrogens (primary N) is 1. The molecule has 0 aliphatic carbocycles. The fourth-order valence-corrected chi connectivity index (χ4v) is 1.05. The summed E-state index contributed by atoms with van der Waals surface area (Å²) in [5.41, 5.74) is 5.10. The lowest BCUT2D eigenvalue weighted by Crippen LogP contribution is -2.43. The fourth-order valence-electron chi connectivity index (χ4n) is 1.05. The highest BCUT2D eigenvalue weighted by Gasteiger charge is 2.28. The van der Waals surface area contributed by atoms with Crippen molar-refractivity contribution in [3.8, 4) is 0 Å². The van der Waals surface area contributed by atoms with Crippen molar-refractivity contribution in [3.63, 3.8) is 0 Å². The summed E-state index contributed by atoms with van der Waals surface area (Å²) in [6, 6.07) is 0. The Balaban J connectivity index is 3.82. The van der Waals surface area contributed by atoms with Crippen LogP contribution in [0.25, 0.3) is 0 Å². The van der Waals surface area contributed by atoms with Gasteiger partial charge in [0.25, 0.3) is 0 Å². The van der Waals surface area contributed by atoms with Crippen molar-refractivity contribution in [1.29, 1.82) is 0 Å². The fraction of sp³-hybridized carbons (Fsp3) is 0.900. The van der Waals surface area contributed by atoms with Crippen molar-refractivity contribution in [2.24, 2.45) is 11.1 Å². The van der Waals surface area contributed by atoms with Crippen molar-refractivity contribution in [3.05, 3.63) is 0 Å². The van der Waals surface area contributed by atoms with Crippen LogP contribution in [0.15, 0.2) is 0 Å². The third kappa shape index (κ3) is 4.07. The SMILES string of the molecule is CCC(C)(CN)C(=O)NCCCCO. The molecule has 84 valence electrons. The topological polar surface area (TPSA) is 75.4 Å². The predicted octanol–water partition coefficient (Wildman–Crippen LogP) is 0.250. The maximum absolute atomic E-state index is 11.6. The van der Waals surface area contributed by atoms with Gasteiger partial charge >= 0.3 is 0 Å². The highest BCUT2D eigenvalue weighted by atomic mass is 16.2. The molecule has 1 amide bonds. The lowest BCUT2D eigenvalue weighted by Gasteiger charge is -2.24. The molecule has 1 atom stereocenters.